The zero-order valence-corrected chi connectivity index (χ0v) is 17.9. The quantitative estimate of drug-likeness (QED) is 0.799. The van der Waals surface area contributed by atoms with Gasteiger partial charge in [-0.15, -0.1) is 0 Å². The van der Waals surface area contributed by atoms with Gasteiger partial charge in [-0.25, -0.2) is 4.79 Å². The highest BCUT2D eigenvalue weighted by molar-refractivity contribution is 5.76. The van der Waals surface area contributed by atoms with Gasteiger partial charge in [0.05, 0.1) is 0 Å². The van der Waals surface area contributed by atoms with Gasteiger partial charge in [0.15, 0.2) is 0 Å². The van der Waals surface area contributed by atoms with E-state index in [0.717, 1.165) is 5.56 Å². The lowest BCUT2D eigenvalue weighted by Gasteiger charge is -2.37. The Hall–Kier alpha value is -2.97. The molecule has 2 aromatic heterocycles. The topological polar surface area (TPSA) is 110 Å². The first-order valence-corrected chi connectivity index (χ1v) is 10.2. The van der Waals surface area contributed by atoms with Crippen LogP contribution in [0.15, 0.2) is 29.0 Å². The maximum Gasteiger partial charge on any atom is 0.410 e. The van der Waals surface area contributed by atoms with Gasteiger partial charge in [0.25, 0.3) is 0 Å². The number of amides is 2. The zero-order chi connectivity index (χ0) is 21.7. The molecule has 0 aromatic carbocycles. The van der Waals surface area contributed by atoms with E-state index >= 15 is 0 Å². The molecule has 2 atom stereocenters. The van der Waals surface area contributed by atoms with Crippen molar-refractivity contribution in [2.45, 2.75) is 58.6 Å². The first kappa shape index (κ1) is 21.7. The van der Waals surface area contributed by atoms with E-state index in [0.29, 0.717) is 37.6 Å². The van der Waals surface area contributed by atoms with E-state index in [1.54, 1.807) is 29.4 Å². The van der Waals surface area contributed by atoms with Crippen LogP contribution in [0.25, 0.3) is 11.4 Å². The second-order valence-corrected chi connectivity index (χ2v) is 8.61. The fraction of sp³-hybridized carbons (Fsp3) is 0.571. The van der Waals surface area contributed by atoms with Crippen LogP contribution < -0.4 is 5.32 Å². The van der Waals surface area contributed by atoms with Crippen molar-refractivity contribution in [3.63, 3.8) is 0 Å². The van der Waals surface area contributed by atoms with E-state index in [2.05, 4.69) is 20.4 Å². The highest BCUT2D eigenvalue weighted by atomic mass is 16.6. The van der Waals surface area contributed by atoms with E-state index in [1.807, 2.05) is 27.7 Å². The summed E-state index contributed by atoms with van der Waals surface area (Å²) >= 11 is 0. The molecular weight excluding hydrogens is 386 g/mol. The van der Waals surface area contributed by atoms with Crippen LogP contribution in [0, 0.1) is 5.92 Å². The van der Waals surface area contributed by atoms with E-state index in [4.69, 9.17) is 9.26 Å². The second-order valence-electron chi connectivity index (χ2n) is 8.61. The maximum atomic E-state index is 12.4. The number of nitrogens with zero attached hydrogens (tertiary/aromatic N) is 4. The smallest absolute Gasteiger partial charge is 0.410 e. The molecule has 9 nitrogen and oxygen atoms in total. The molecule has 30 heavy (non-hydrogen) atoms. The van der Waals surface area contributed by atoms with Crippen molar-refractivity contribution in [3.8, 4) is 11.4 Å². The van der Waals surface area contributed by atoms with Crippen LogP contribution in [0.4, 0.5) is 4.79 Å². The van der Waals surface area contributed by atoms with Crippen molar-refractivity contribution in [2.24, 2.45) is 5.92 Å². The van der Waals surface area contributed by atoms with Crippen LogP contribution in [-0.4, -0.2) is 56.8 Å². The molecule has 1 fully saturated rings. The number of carbonyl (C=O) groups is 2. The third kappa shape index (κ3) is 6.01. The van der Waals surface area contributed by atoms with Crippen LogP contribution >= 0.6 is 0 Å². The largest absolute Gasteiger partial charge is 0.444 e. The van der Waals surface area contributed by atoms with Crippen molar-refractivity contribution < 1.29 is 18.8 Å². The fourth-order valence-corrected chi connectivity index (χ4v) is 3.33. The van der Waals surface area contributed by atoms with Crippen molar-refractivity contribution in [2.75, 3.05) is 13.1 Å². The number of aryl methyl sites for hydroxylation is 1. The molecule has 9 heteroatoms. The second kappa shape index (κ2) is 9.23. The lowest BCUT2D eigenvalue weighted by atomic mass is 9.94. The van der Waals surface area contributed by atoms with Gasteiger partial charge in [-0.3, -0.25) is 9.78 Å². The number of likely N-dealkylation sites (tertiary alicyclic amines) is 1. The average molecular weight is 415 g/mol. The van der Waals surface area contributed by atoms with Gasteiger partial charge in [-0.05, 0) is 45.2 Å². The summed E-state index contributed by atoms with van der Waals surface area (Å²) < 4.78 is 10.7. The summed E-state index contributed by atoms with van der Waals surface area (Å²) in [7, 11) is 0. The predicted octanol–water partition coefficient (Wildman–Crippen LogP) is 2.83. The molecule has 1 N–H and O–H groups in total. The highest BCUT2D eigenvalue weighted by Crippen LogP contribution is 2.20. The molecule has 0 saturated carbocycles. The highest BCUT2D eigenvalue weighted by Gasteiger charge is 2.31. The Balaban J connectivity index is 1.44. The van der Waals surface area contributed by atoms with E-state index in [1.165, 1.54) is 0 Å². The van der Waals surface area contributed by atoms with Crippen LogP contribution in [-0.2, 0) is 16.0 Å². The van der Waals surface area contributed by atoms with Crippen molar-refractivity contribution in [1.82, 2.24) is 25.3 Å². The molecular formula is C21H29N5O4. The molecule has 3 heterocycles. The molecule has 0 bridgehead atoms. The van der Waals surface area contributed by atoms with E-state index in [-0.39, 0.29) is 30.4 Å². The first-order valence-electron chi connectivity index (χ1n) is 10.2. The van der Waals surface area contributed by atoms with E-state index < -0.39 is 5.60 Å². The molecule has 1 aliphatic rings. The molecule has 0 aliphatic carbocycles. The van der Waals surface area contributed by atoms with Crippen LogP contribution in [0.3, 0.4) is 0 Å². The summed E-state index contributed by atoms with van der Waals surface area (Å²) in [6, 6.07) is 3.62. The minimum Gasteiger partial charge on any atom is -0.444 e. The predicted molar refractivity (Wildman–Crippen MR) is 109 cm³/mol. The minimum absolute atomic E-state index is 0.0197. The van der Waals surface area contributed by atoms with Crippen molar-refractivity contribution >= 4 is 12.0 Å². The molecule has 2 aromatic rings. The van der Waals surface area contributed by atoms with Gasteiger partial charge < -0.3 is 19.5 Å². The third-order valence-electron chi connectivity index (χ3n) is 4.88. The maximum absolute atomic E-state index is 12.4. The normalized spacial score (nSPS) is 19.4. The summed E-state index contributed by atoms with van der Waals surface area (Å²) in [6.45, 7) is 8.70. The molecule has 0 spiro atoms. The number of carbonyl (C=O) groups excluding carboxylic acids is 2. The van der Waals surface area contributed by atoms with Crippen LogP contribution in [0.5, 0.6) is 0 Å². The Morgan fingerprint density at radius 1 is 1.30 bits per heavy atom. The van der Waals surface area contributed by atoms with Gasteiger partial charge >= 0.3 is 6.09 Å². The molecule has 1 saturated heterocycles. The number of hydrogen-bond donors (Lipinski definition) is 1. The fourth-order valence-electron chi connectivity index (χ4n) is 3.33. The third-order valence-corrected chi connectivity index (χ3v) is 4.88. The van der Waals surface area contributed by atoms with Gasteiger partial charge in [0.2, 0.25) is 17.6 Å². The summed E-state index contributed by atoms with van der Waals surface area (Å²) in [6.07, 6.45) is 4.34. The number of nitrogens with one attached hydrogen (secondary N) is 1. The van der Waals surface area contributed by atoms with Gasteiger partial charge in [-0.2, -0.15) is 4.98 Å². The van der Waals surface area contributed by atoms with Crippen molar-refractivity contribution in [3.05, 3.63) is 30.4 Å². The lowest BCUT2D eigenvalue weighted by Crippen LogP contribution is -2.52. The van der Waals surface area contributed by atoms with Crippen molar-refractivity contribution in [1.29, 1.82) is 0 Å². The van der Waals surface area contributed by atoms with Gasteiger partial charge in [0, 0.05) is 49.9 Å². The molecule has 2 amide bonds. The molecule has 3 rings (SSSR count). The summed E-state index contributed by atoms with van der Waals surface area (Å²) in [5.41, 5.74) is 0.298. The Labute approximate surface area is 176 Å². The van der Waals surface area contributed by atoms with Crippen LogP contribution in [0.2, 0.25) is 0 Å². The number of aromatic nitrogens is 3. The summed E-state index contributed by atoms with van der Waals surface area (Å²) in [5.74, 6) is 0.971. The van der Waals surface area contributed by atoms with Crippen LogP contribution in [0.1, 0.15) is 46.4 Å². The number of piperidine rings is 1. The average Bonchev–Trinajstić information content (AvgIpc) is 3.16. The zero-order valence-electron chi connectivity index (χ0n) is 17.9. The monoisotopic (exact) mass is 415 g/mol. The van der Waals surface area contributed by atoms with Gasteiger partial charge in [0.1, 0.15) is 5.60 Å². The lowest BCUT2D eigenvalue weighted by molar-refractivity contribution is -0.122. The number of ether oxygens (including phenoxy) is 1. The number of rotatable bonds is 5. The van der Waals surface area contributed by atoms with Gasteiger partial charge in [-0.1, -0.05) is 12.1 Å². The first-order chi connectivity index (χ1) is 14.2. The summed E-state index contributed by atoms with van der Waals surface area (Å²) in [5, 5.41) is 7.02. The Morgan fingerprint density at radius 2 is 2.03 bits per heavy atom. The molecule has 1 aliphatic heterocycles. The SMILES string of the molecule is C[C@H]1CN(C(=O)OC(C)(C)C)CC[C@@H]1NC(=O)CCc1nc(-c2ccncc2)no1. The van der Waals surface area contributed by atoms with E-state index in [9.17, 15) is 9.59 Å². The minimum atomic E-state index is -0.516. The molecule has 0 radical (unpaired) electrons. The Kier molecular flexibility index (Phi) is 6.69. The number of pyridine rings is 1. The Bertz CT molecular complexity index is 862. The number of hydrogen-bond acceptors (Lipinski definition) is 7. The standard InChI is InChI=1S/C21H29N5O4/c1-14-13-26(20(28)29-21(2,3)4)12-9-16(14)23-17(27)5-6-18-24-19(25-30-18)15-7-10-22-11-8-15/h7-8,10-11,14,16H,5-6,9,12-13H2,1-4H3,(H,23,27)/t14-,16-/m0/s1. The summed E-state index contributed by atoms with van der Waals surface area (Å²) in [4.78, 5) is 34.6. The molecule has 162 valence electrons. The molecule has 0 unspecified atom stereocenters. The Morgan fingerprint density at radius 3 is 2.70 bits per heavy atom.